The van der Waals surface area contributed by atoms with Gasteiger partial charge in [0.1, 0.15) is 0 Å². The summed E-state index contributed by atoms with van der Waals surface area (Å²) in [6.07, 6.45) is 3.51. The molecule has 1 saturated heterocycles. The van der Waals surface area contributed by atoms with Crippen LogP contribution in [-0.2, 0) is 0 Å². The van der Waals surface area contributed by atoms with E-state index in [4.69, 9.17) is 0 Å². The Morgan fingerprint density at radius 1 is 1.44 bits per heavy atom. The van der Waals surface area contributed by atoms with Crippen LogP contribution in [0.15, 0.2) is 0 Å². The second-order valence-electron chi connectivity index (χ2n) is 5.84. The van der Waals surface area contributed by atoms with Crippen molar-refractivity contribution in [1.29, 1.82) is 0 Å². The summed E-state index contributed by atoms with van der Waals surface area (Å²) >= 11 is 1.96. The fourth-order valence-electron chi connectivity index (χ4n) is 2.28. The third kappa shape index (κ3) is 3.94. The number of nitrogens with one attached hydrogen (secondary N) is 1. The number of hydrogen-bond acceptors (Lipinski definition) is 3. The Hall–Kier alpha value is 0.270. The predicted octanol–water partition coefficient (Wildman–Crippen LogP) is 2.45. The van der Waals surface area contributed by atoms with Gasteiger partial charge in [-0.2, -0.15) is 11.8 Å². The van der Waals surface area contributed by atoms with Gasteiger partial charge in [-0.15, -0.1) is 0 Å². The molecule has 1 aliphatic rings. The number of piperazine rings is 1. The number of hydrogen-bond donors (Lipinski definition) is 1. The highest BCUT2D eigenvalue weighted by atomic mass is 32.2. The molecule has 0 radical (unpaired) electrons. The van der Waals surface area contributed by atoms with E-state index in [1.807, 2.05) is 11.8 Å². The summed E-state index contributed by atoms with van der Waals surface area (Å²) < 4.78 is 0. The first-order valence-electron chi connectivity index (χ1n) is 6.45. The first-order chi connectivity index (χ1) is 7.47. The van der Waals surface area contributed by atoms with Crippen LogP contribution in [0.4, 0.5) is 0 Å². The van der Waals surface area contributed by atoms with Crippen LogP contribution in [-0.4, -0.2) is 48.1 Å². The molecule has 1 aliphatic heterocycles. The van der Waals surface area contributed by atoms with Crippen molar-refractivity contribution in [2.24, 2.45) is 5.92 Å². The highest BCUT2D eigenvalue weighted by Gasteiger charge is 2.34. The Labute approximate surface area is 106 Å². The summed E-state index contributed by atoms with van der Waals surface area (Å²) in [5, 5.41) is 3.68. The zero-order valence-corrected chi connectivity index (χ0v) is 12.4. The van der Waals surface area contributed by atoms with Crippen LogP contribution in [0, 0.1) is 5.92 Å². The van der Waals surface area contributed by atoms with Crippen molar-refractivity contribution in [2.45, 2.75) is 45.7 Å². The summed E-state index contributed by atoms with van der Waals surface area (Å²) in [7, 11) is 0. The minimum absolute atomic E-state index is 0.323. The normalized spacial score (nSPS) is 26.2. The molecule has 16 heavy (non-hydrogen) atoms. The van der Waals surface area contributed by atoms with Crippen LogP contribution in [0.2, 0.25) is 0 Å². The van der Waals surface area contributed by atoms with Gasteiger partial charge in [0.15, 0.2) is 0 Å². The van der Waals surface area contributed by atoms with Gasteiger partial charge in [-0.3, -0.25) is 4.90 Å². The molecule has 0 amide bonds. The maximum atomic E-state index is 3.68. The Kier molecular flexibility index (Phi) is 5.62. The van der Waals surface area contributed by atoms with E-state index >= 15 is 0 Å². The number of rotatable bonds is 5. The average molecular weight is 244 g/mol. The second kappa shape index (κ2) is 6.27. The van der Waals surface area contributed by atoms with E-state index in [0.29, 0.717) is 11.6 Å². The van der Waals surface area contributed by atoms with E-state index in [9.17, 15) is 0 Å². The lowest BCUT2D eigenvalue weighted by atomic mass is 9.93. The van der Waals surface area contributed by atoms with Crippen LogP contribution in [0.3, 0.4) is 0 Å². The molecule has 1 rings (SSSR count). The molecular weight excluding hydrogens is 216 g/mol. The van der Waals surface area contributed by atoms with Gasteiger partial charge >= 0.3 is 0 Å². The molecule has 0 aliphatic carbocycles. The van der Waals surface area contributed by atoms with Gasteiger partial charge < -0.3 is 5.32 Å². The summed E-state index contributed by atoms with van der Waals surface area (Å²) in [4.78, 5) is 2.67. The maximum Gasteiger partial charge on any atom is 0.0278 e. The lowest BCUT2D eigenvalue weighted by Crippen LogP contribution is -2.63. The lowest BCUT2D eigenvalue weighted by molar-refractivity contribution is 0.0551. The fraction of sp³-hybridized carbons (Fsp3) is 1.00. The average Bonchev–Trinajstić information content (AvgIpc) is 2.20. The Balaban J connectivity index is 2.48. The quantitative estimate of drug-likeness (QED) is 0.748. The van der Waals surface area contributed by atoms with Crippen LogP contribution in [0.25, 0.3) is 0 Å². The SMILES string of the molecule is CSCCCN1CC(C(C)C)NCC1(C)C. The molecule has 1 N–H and O–H groups in total. The largest absolute Gasteiger partial charge is 0.311 e. The molecule has 0 aromatic carbocycles. The molecule has 1 atom stereocenters. The van der Waals surface area contributed by atoms with E-state index in [1.54, 1.807) is 0 Å². The van der Waals surface area contributed by atoms with Gasteiger partial charge in [-0.25, -0.2) is 0 Å². The summed E-state index contributed by atoms with van der Waals surface area (Å²) in [5.74, 6) is 2.02. The van der Waals surface area contributed by atoms with Gasteiger partial charge in [-0.1, -0.05) is 13.8 Å². The van der Waals surface area contributed by atoms with Gasteiger partial charge in [0, 0.05) is 24.7 Å². The fourth-order valence-corrected chi connectivity index (χ4v) is 2.70. The molecule has 3 heteroatoms. The smallest absolute Gasteiger partial charge is 0.0278 e. The van der Waals surface area contributed by atoms with Gasteiger partial charge in [-0.05, 0) is 44.7 Å². The molecule has 0 aromatic rings. The number of nitrogens with zero attached hydrogens (tertiary/aromatic N) is 1. The van der Waals surface area contributed by atoms with Crippen molar-refractivity contribution in [3.63, 3.8) is 0 Å². The van der Waals surface area contributed by atoms with E-state index < -0.39 is 0 Å². The first-order valence-corrected chi connectivity index (χ1v) is 7.84. The molecule has 0 spiro atoms. The minimum atomic E-state index is 0.323. The van der Waals surface area contributed by atoms with Crippen molar-refractivity contribution in [2.75, 3.05) is 31.6 Å². The topological polar surface area (TPSA) is 15.3 Å². The Morgan fingerprint density at radius 3 is 2.69 bits per heavy atom. The van der Waals surface area contributed by atoms with E-state index in [-0.39, 0.29) is 0 Å². The van der Waals surface area contributed by atoms with E-state index in [2.05, 4.69) is 44.2 Å². The molecule has 2 nitrogen and oxygen atoms in total. The highest BCUT2D eigenvalue weighted by Crippen LogP contribution is 2.21. The summed E-state index contributed by atoms with van der Waals surface area (Å²) in [5.41, 5.74) is 0.323. The van der Waals surface area contributed by atoms with Gasteiger partial charge in [0.2, 0.25) is 0 Å². The van der Waals surface area contributed by atoms with Gasteiger partial charge in [0.05, 0.1) is 0 Å². The second-order valence-corrected chi connectivity index (χ2v) is 6.82. The molecule has 96 valence electrons. The van der Waals surface area contributed by atoms with Crippen LogP contribution >= 0.6 is 11.8 Å². The molecule has 0 aromatic heterocycles. The molecule has 0 bridgehead atoms. The van der Waals surface area contributed by atoms with Crippen LogP contribution in [0.1, 0.15) is 34.1 Å². The van der Waals surface area contributed by atoms with Crippen molar-refractivity contribution in [3.8, 4) is 0 Å². The lowest BCUT2D eigenvalue weighted by Gasteiger charge is -2.47. The van der Waals surface area contributed by atoms with Crippen molar-refractivity contribution in [1.82, 2.24) is 10.2 Å². The van der Waals surface area contributed by atoms with E-state index in [0.717, 1.165) is 12.5 Å². The molecule has 1 heterocycles. The zero-order valence-electron chi connectivity index (χ0n) is 11.5. The number of thioether (sulfide) groups is 1. The van der Waals surface area contributed by atoms with Gasteiger partial charge in [0.25, 0.3) is 0 Å². The van der Waals surface area contributed by atoms with Crippen LogP contribution < -0.4 is 5.32 Å². The molecule has 0 saturated carbocycles. The van der Waals surface area contributed by atoms with Crippen LogP contribution in [0.5, 0.6) is 0 Å². The monoisotopic (exact) mass is 244 g/mol. The summed E-state index contributed by atoms with van der Waals surface area (Å²) in [6, 6.07) is 0.669. The van der Waals surface area contributed by atoms with Crippen molar-refractivity contribution >= 4 is 11.8 Å². The Bertz CT molecular complexity index is 204. The van der Waals surface area contributed by atoms with Crippen molar-refractivity contribution < 1.29 is 0 Å². The minimum Gasteiger partial charge on any atom is -0.311 e. The zero-order chi connectivity index (χ0) is 12.2. The predicted molar refractivity (Wildman–Crippen MR) is 75.3 cm³/mol. The first kappa shape index (κ1) is 14.3. The molecular formula is C13H28N2S. The standard InChI is InChI=1S/C13H28N2S/c1-11(2)12-9-15(7-6-8-16-5)13(3,4)10-14-12/h11-12,14H,6-10H2,1-5H3. The maximum absolute atomic E-state index is 3.68. The van der Waals surface area contributed by atoms with E-state index in [1.165, 1.54) is 25.3 Å². The molecule has 1 fully saturated rings. The Morgan fingerprint density at radius 2 is 2.12 bits per heavy atom. The highest BCUT2D eigenvalue weighted by molar-refractivity contribution is 7.98. The third-order valence-electron chi connectivity index (χ3n) is 3.65. The third-order valence-corrected chi connectivity index (χ3v) is 4.35. The van der Waals surface area contributed by atoms with Crippen molar-refractivity contribution in [3.05, 3.63) is 0 Å². The molecule has 1 unspecified atom stereocenters. The summed E-state index contributed by atoms with van der Waals surface area (Å²) in [6.45, 7) is 12.9.